The minimum Gasteiger partial charge on any atom is -0.370 e. The molecule has 0 saturated carbocycles. The molecule has 1 aliphatic rings. The number of morpholine rings is 1. The van der Waals surface area contributed by atoms with Gasteiger partial charge in [-0.15, -0.1) is 0 Å². The molecule has 0 aliphatic carbocycles. The SMILES string of the molecule is C=CC[N+]1(CCCC)CCOCC1. The molecule has 2 nitrogen and oxygen atoms in total. The van der Waals surface area contributed by atoms with Crippen molar-refractivity contribution in [1.29, 1.82) is 0 Å². The molecule has 0 aromatic rings. The topological polar surface area (TPSA) is 9.23 Å². The number of unbranched alkanes of at least 4 members (excludes halogenated alkanes) is 1. The van der Waals surface area contributed by atoms with Crippen LogP contribution >= 0.6 is 0 Å². The zero-order valence-corrected chi connectivity index (χ0v) is 8.80. The number of hydrogen-bond donors (Lipinski definition) is 0. The Morgan fingerprint density at radius 1 is 1.38 bits per heavy atom. The molecule has 2 heteroatoms. The van der Waals surface area contributed by atoms with Crippen LogP contribution in [0.2, 0.25) is 0 Å². The number of rotatable bonds is 5. The fraction of sp³-hybridized carbons (Fsp3) is 0.818. The summed E-state index contributed by atoms with van der Waals surface area (Å²) in [5, 5.41) is 0. The first-order valence-corrected chi connectivity index (χ1v) is 5.37. The summed E-state index contributed by atoms with van der Waals surface area (Å²) in [6, 6.07) is 0. The maximum absolute atomic E-state index is 5.40. The first-order valence-electron chi connectivity index (χ1n) is 5.37. The molecule has 0 bridgehead atoms. The maximum atomic E-state index is 5.40. The Morgan fingerprint density at radius 3 is 2.62 bits per heavy atom. The molecule has 0 unspecified atom stereocenters. The lowest BCUT2D eigenvalue weighted by atomic mass is 10.2. The molecule has 1 saturated heterocycles. The standard InChI is InChI=1S/C11H22NO/c1-3-5-7-12(6-4-2)8-10-13-11-9-12/h4H,2-3,5-11H2,1H3/q+1. The second-order valence-corrected chi connectivity index (χ2v) is 3.95. The predicted octanol–water partition coefficient (Wildman–Crippen LogP) is 1.82. The highest BCUT2D eigenvalue weighted by Gasteiger charge is 2.27. The van der Waals surface area contributed by atoms with Gasteiger partial charge in [0.15, 0.2) is 0 Å². The van der Waals surface area contributed by atoms with Crippen molar-refractivity contribution in [3.63, 3.8) is 0 Å². The molecule has 0 amide bonds. The van der Waals surface area contributed by atoms with Crippen molar-refractivity contribution in [3.05, 3.63) is 12.7 Å². The van der Waals surface area contributed by atoms with E-state index in [9.17, 15) is 0 Å². The third-order valence-electron chi connectivity index (χ3n) is 2.92. The lowest BCUT2D eigenvalue weighted by Gasteiger charge is -2.40. The van der Waals surface area contributed by atoms with E-state index in [1.54, 1.807) is 0 Å². The van der Waals surface area contributed by atoms with Crippen LogP contribution in [0.4, 0.5) is 0 Å². The van der Waals surface area contributed by atoms with E-state index in [2.05, 4.69) is 19.6 Å². The average molecular weight is 184 g/mol. The zero-order chi connectivity index (χ0) is 9.57. The molecule has 1 aliphatic heterocycles. The summed E-state index contributed by atoms with van der Waals surface area (Å²) in [7, 11) is 0. The zero-order valence-electron chi connectivity index (χ0n) is 8.80. The van der Waals surface area contributed by atoms with Gasteiger partial charge in [0.2, 0.25) is 0 Å². The van der Waals surface area contributed by atoms with Crippen LogP contribution < -0.4 is 0 Å². The van der Waals surface area contributed by atoms with Crippen molar-refractivity contribution in [1.82, 2.24) is 0 Å². The molecule has 0 radical (unpaired) electrons. The molecule has 0 aromatic heterocycles. The number of hydrogen-bond acceptors (Lipinski definition) is 1. The van der Waals surface area contributed by atoms with E-state index in [0.29, 0.717) is 0 Å². The molecule has 13 heavy (non-hydrogen) atoms. The first kappa shape index (κ1) is 10.7. The van der Waals surface area contributed by atoms with Crippen LogP contribution in [-0.2, 0) is 4.74 Å². The van der Waals surface area contributed by atoms with E-state index >= 15 is 0 Å². The molecule has 0 spiro atoms. The van der Waals surface area contributed by atoms with Crippen LogP contribution in [0.25, 0.3) is 0 Å². The summed E-state index contributed by atoms with van der Waals surface area (Å²) < 4.78 is 6.61. The summed E-state index contributed by atoms with van der Waals surface area (Å²) in [6.07, 6.45) is 4.67. The van der Waals surface area contributed by atoms with Crippen molar-refractivity contribution in [3.8, 4) is 0 Å². The van der Waals surface area contributed by atoms with Gasteiger partial charge in [0, 0.05) is 0 Å². The minimum absolute atomic E-state index is 0.928. The van der Waals surface area contributed by atoms with Crippen LogP contribution in [0.1, 0.15) is 19.8 Å². The van der Waals surface area contributed by atoms with Crippen molar-refractivity contribution in [2.24, 2.45) is 0 Å². The average Bonchev–Trinajstić information content (AvgIpc) is 2.17. The molecule has 0 N–H and O–H groups in total. The highest BCUT2D eigenvalue weighted by atomic mass is 16.5. The Morgan fingerprint density at radius 2 is 2.08 bits per heavy atom. The Balaban J connectivity index is 2.45. The molecular weight excluding hydrogens is 162 g/mol. The van der Waals surface area contributed by atoms with E-state index in [0.717, 1.165) is 19.8 Å². The molecule has 1 heterocycles. The van der Waals surface area contributed by atoms with Gasteiger partial charge >= 0.3 is 0 Å². The second kappa shape index (κ2) is 5.40. The lowest BCUT2D eigenvalue weighted by Crippen LogP contribution is -2.55. The van der Waals surface area contributed by atoms with Crippen molar-refractivity contribution < 1.29 is 9.22 Å². The van der Waals surface area contributed by atoms with E-state index < -0.39 is 0 Å². The smallest absolute Gasteiger partial charge is 0.103 e. The first-order chi connectivity index (χ1) is 6.33. The van der Waals surface area contributed by atoms with Crippen molar-refractivity contribution in [2.45, 2.75) is 19.8 Å². The van der Waals surface area contributed by atoms with Crippen LogP contribution in [0.15, 0.2) is 12.7 Å². The van der Waals surface area contributed by atoms with E-state index in [1.807, 2.05) is 0 Å². The molecular formula is C11H22NO+. The molecule has 1 rings (SSSR count). The van der Waals surface area contributed by atoms with Crippen molar-refractivity contribution in [2.75, 3.05) is 39.4 Å². The van der Waals surface area contributed by atoms with Crippen LogP contribution in [0.3, 0.4) is 0 Å². The van der Waals surface area contributed by atoms with Crippen LogP contribution in [-0.4, -0.2) is 43.9 Å². The quantitative estimate of drug-likeness (QED) is 0.468. The third-order valence-corrected chi connectivity index (χ3v) is 2.92. The Hall–Kier alpha value is -0.340. The molecule has 76 valence electrons. The number of quaternary nitrogens is 1. The van der Waals surface area contributed by atoms with Gasteiger partial charge in [0.05, 0.1) is 26.3 Å². The Bertz CT molecular complexity index is 150. The summed E-state index contributed by atoms with van der Waals surface area (Å²) >= 11 is 0. The molecule has 1 fully saturated rings. The van der Waals surface area contributed by atoms with Gasteiger partial charge in [-0.2, -0.15) is 0 Å². The molecule has 0 atom stereocenters. The predicted molar refractivity (Wildman–Crippen MR) is 55.7 cm³/mol. The highest BCUT2D eigenvalue weighted by molar-refractivity contribution is 4.67. The Labute approximate surface area is 81.8 Å². The Kier molecular flexibility index (Phi) is 4.46. The van der Waals surface area contributed by atoms with E-state index in [1.165, 1.54) is 37.0 Å². The normalized spacial score (nSPS) is 21.3. The maximum Gasteiger partial charge on any atom is 0.103 e. The second-order valence-electron chi connectivity index (χ2n) is 3.95. The minimum atomic E-state index is 0.928. The van der Waals surface area contributed by atoms with Gasteiger partial charge in [-0.3, -0.25) is 0 Å². The monoisotopic (exact) mass is 184 g/mol. The largest absolute Gasteiger partial charge is 0.370 e. The highest BCUT2D eigenvalue weighted by Crippen LogP contribution is 2.13. The summed E-state index contributed by atoms with van der Waals surface area (Å²) in [4.78, 5) is 0. The number of nitrogens with zero attached hydrogens (tertiary/aromatic N) is 1. The van der Waals surface area contributed by atoms with Gasteiger partial charge < -0.3 is 9.22 Å². The van der Waals surface area contributed by atoms with Crippen molar-refractivity contribution >= 4 is 0 Å². The lowest BCUT2D eigenvalue weighted by molar-refractivity contribution is -0.930. The van der Waals surface area contributed by atoms with Gasteiger partial charge in [0.25, 0.3) is 0 Å². The number of ether oxygens (including phenoxy) is 1. The van der Waals surface area contributed by atoms with Gasteiger partial charge in [-0.1, -0.05) is 19.9 Å². The van der Waals surface area contributed by atoms with Crippen LogP contribution in [0, 0.1) is 0 Å². The fourth-order valence-corrected chi connectivity index (χ4v) is 2.00. The summed E-state index contributed by atoms with van der Waals surface area (Å²) in [5.41, 5.74) is 0. The fourth-order valence-electron chi connectivity index (χ4n) is 2.00. The van der Waals surface area contributed by atoms with Gasteiger partial charge in [0.1, 0.15) is 13.1 Å². The summed E-state index contributed by atoms with van der Waals surface area (Å²) in [6.45, 7) is 12.7. The third kappa shape index (κ3) is 3.12. The van der Waals surface area contributed by atoms with E-state index in [-0.39, 0.29) is 0 Å². The van der Waals surface area contributed by atoms with Gasteiger partial charge in [-0.05, 0) is 12.5 Å². The van der Waals surface area contributed by atoms with Crippen LogP contribution in [0.5, 0.6) is 0 Å². The van der Waals surface area contributed by atoms with E-state index in [4.69, 9.17) is 4.74 Å². The summed E-state index contributed by atoms with van der Waals surface area (Å²) in [5.74, 6) is 0. The van der Waals surface area contributed by atoms with Gasteiger partial charge in [-0.25, -0.2) is 0 Å². The molecule has 0 aromatic carbocycles.